The summed E-state index contributed by atoms with van der Waals surface area (Å²) >= 11 is 6.44. The van der Waals surface area contributed by atoms with Crippen LogP contribution in [0.5, 0.6) is 5.75 Å². The van der Waals surface area contributed by atoms with E-state index >= 15 is 0 Å². The Bertz CT molecular complexity index is 1660. The Kier molecular flexibility index (Phi) is 9.71. The van der Waals surface area contributed by atoms with E-state index in [1.807, 2.05) is 32.0 Å². The SMILES string of the molecule is C=S1(=O)NC(=O)c2ccc3c(c2)N(C[C@@H]2CC[C@H]2/C=C/[C@@H]([C@@H](OC)C(=O)NC)C[C@H](C)[C@H]1C)C[C@@]1(CCCc2cc(Cl)ccc21)CO3. The Morgan fingerprint density at radius 1 is 1.21 bits per heavy atom. The number of aryl methyl sites for hydroxylation is 1. The van der Waals surface area contributed by atoms with Gasteiger partial charge in [-0.05, 0) is 111 Å². The van der Waals surface area contributed by atoms with Gasteiger partial charge in [-0.2, -0.15) is 0 Å². The molecular weight excluding hydrogens is 634 g/mol. The number of likely N-dealkylation sites (N-methyl/N-ethyl adjacent to an activating group) is 1. The summed E-state index contributed by atoms with van der Waals surface area (Å²) in [6.07, 6.45) is 9.46. The number of nitrogens with zero attached hydrogens (tertiary/aromatic N) is 1. The summed E-state index contributed by atoms with van der Waals surface area (Å²) in [5.74, 6) is 4.51. The summed E-state index contributed by atoms with van der Waals surface area (Å²) in [6.45, 7) is 5.94. The van der Waals surface area contributed by atoms with Crippen molar-refractivity contribution in [2.24, 2.45) is 23.7 Å². The highest BCUT2D eigenvalue weighted by atomic mass is 35.5. The van der Waals surface area contributed by atoms with E-state index in [1.54, 1.807) is 20.2 Å². The van der Waals surface area contributed by atoms with Gasteiger partial charge in [-0.1, -0.05) is 36.7 Å². The third kappa shape index (κ3) is 6.68. The van der Waals surface area contributed by atoms with Crippen LogP contribution in [0.25, 0.3) is 0 Å². The van der Waals surface area contributed by atoms with Crippen LogP contribution in [-0.2, 0) is 31.1 Å². The Hall–Kier alpha value is -3.01. The molecule has 0 radical (unpaired) electrons. The zero-order valence-electron chi connectivity index (χ0n) is 27.9. The standard InChI is InChI=1S/C37H48ClN3O5S/c1-23-17-27(34(45-4)36(43)39-3)10-8-25-9-11-29(25)20-41-21-37(16-6-7-26-18-30(38)13-14-31(26)37)22-46-33-15-12-28(19-32(33)41)35(42)40-47(5,44)24(23)2/h8,10,12-15,18-19,23-25,27,29,34H,5-7,9,11,16-17,20-22H2,1-4H3,(H,39,43)(H,40,42,44)/b10-8+/t23-,24+,25+,27+,29-,34+,37-,47?/m0/s1. The second-order valence-corrected chi connectivity index (χ2v) is 17.0. The molecule has 0 aromatic heterocycles. The molecule has 2 N–H and O–H groups in total. The average Bonchev–Trinajstić information content (AvgIpc) is 3.18. The number of nitrogens with one attached hydrogen (secondary N) is 2. The predicted octanol–water partition coefficient (Wildman–Crippen LogP) is 5.56. The Balaban J connectivity index is 1.42. The molecule has 1 unspecified atom stereocenters. The Morgan fingerprint density at radius 2 is 2.02 bits per heavy atom. The van der Waals surface area contributed by atoms with Crippen molar-refractivity contribution in [2.45, 2.75) is 69.1 Å². The number of amides is 2. The molecule has 0 saturated heterocycles. The summed E-state index contributed by atoms with van der Waals surface area (Å²) < 4.78 is 29.1. The number of rotatable bonds is 3. The highest BCUT2D eigenvalue weighted by Crippen LogP contribution is 2.46. The minimum Gasteiger partial charge on any atom is -0.490 e. The van der Waals surface area contributed by atoms with Gasteiger partial charge in [-0.25, -0.2) is 4.21 Å². The minimum absolute atomic E-state index is 0.122. The molecule has 2 aliphatic carbocycles. The van der Waals surface area contributed by atoms with Crippen molar-refractivity contribution >= 4 is 44.7 Å². The van der Waals surface area contributed by atoms with Gasteiger partial charge >= 0.3 is 0 Å². The van der Waals surface area contributed by atoms with E-state index < -0.39 is 27.0 Å². The molecule has 6 rings (SSSR count). The summed E-state index contributed by atoms with van der Waals surface area (Å²) in [5, 5.41) is 3.04. The molecule has 2 aliphatic heterocycles. The number of fused-ring (bicyclic) bond motifs is 4. The number of anilines is 1. The average molecular weight is 682 g/mol. The van der Waals surface area contributed by atoms with Crippen LogP contribution in [-0.4, -0.2) is 67.1 Å². The molecule has 10 heteroatoms. The molecule has 1 spiro atoms. The van der Waals surface area contributed by atoms with E-state index in [-0.39, 0.29) is 23.2 Å². The number of allylic oxidation sites excluding steroid dienone is 1. The van der Waals surface area contributed by atoms with E-state index in [0.717, 1.165) is 61.7 Å². The summed E-state index contributed by atoms with van der Waals surface area (Å²) in [6, 6.07) is 11.8. The second kappa shape index (κ2) is 13.5. The van der Waals surface area contributed by atoms with Gasteiger partial charge in [0.15, 0.2) is 0 Å². The molecule has 2 aromatic carbocycles. The fraction of sp³-hybridized carbons (Fsp3) is 0.541. The lowest BCUT2D eigenvalue weighted by atomic mass is 9.69. The number of methoxy groups -OCH3 is 1. The van der Waals surface area contributed by atoms with Gasteiger partial charge in [0.2, 0.25) is 5.91 Å². The van der Waals surface area contributed by atoms with Crippen LogP contribution in [0.1, 0.15) is 67.4 Å². The lowest BCUT2D eigenvalue weighted by Gasteiger charge is -2.44. The summed E-state index contributed by atoms with van der Waals surface area (Å²) in [5.41, 5.74) is 3.65. The van der Waals surface area contributed by atoms with Crippen LogP contribution in [0.2, 0.25) is 5.02 Å². The fourth-order valence-corrected chi connectivity index (χ4v) is 9.80. The number of hydrogen-bond acceptors (Lipinski definition) is 6. The summed E-state index contributed by atoms with van der Waals surface area (Å²) in [7, 11) is 0.117. The molecule has 4 aliphatic rings. The monoisotopic (exact) mass is 681 g/mol. The van der Waals surface area contributed by atoms with Crippen molar-refractivity contribution < 1.29 is 23.3 Å². The van der Waals surface area contributed by atoms with Crippen molar-refractivity contribution in [1.29, 1.82) is 0 Å². The number of hydrogen-bond donors (Lipinski definition) is 2. The number of ether oxygens (including phenoxy) is 2. The van der Waals surface area contributed by atoms with Gasteiger partial charge in [-0.15, -0.1) is 0 Å². The number of benzene rings is 2. The van der Waals surface area contributed by atoms with Crippen molar-refractivity contribution in [3.8, 4) is 5.75 Å². The van der Waals surface area contributed by atoms with Gasteiger partial charge < -0.3 is 19.7 Å². The fourth-order valence-electron chi connectivity index (χ4n) is 8.13. The first-order valence-electron chi connectivity index (χ1n) is 16.9. The Labute approximate surface area is 284 Å². The third-order valence-corrected chi connectivity index (χ3v) is 13.7. The first-order valence-corrected chi connectivity index (χ1v) is 19.0. The molecular formula is C37H48ClN3O5S. The summed E-state index contributed by atoms with van der Waals surface area (Å²) in [4.78, 5) is 29.0. The maximum absolute atomic E-state index is 14.0. The van der Waals surface area contributed by atoms with Crippen molar-refractivity contribution in [1.82, 2.24) is 10.0 Å². The minimum atomic E-state index is -3.05. The van der Waals surface area contributed by atoms with Crippen LogP contribution in [0.3, 0.4) is 0 Å². The molecule has 2 bridgehead atoms. The van der Waals surface area contributed by atoms with Gasteiger partial charge in [-0.3, -0.25) is 14.3 Å². The molecule has 47 heavy (non-hydrogen) atoms. The molecule has 8 atom stereocenters. The van der Waals surface area contributed by atoms with Crippen LogP contribution in [0.15, 0.2) is 48.6 Å². The number of carbonyl (C=O) groups excluding carboxylic acids is 2. The number of carbonyl (C=O) groups is 2. The van der Waals surface area contributed by atoms with Crippen molar-refractivity contribution in [3.63, 3.8) is 0 Å². The van der Waals surface area contributed by atoms with Gasteiger partial charge in [0.05, 0.1) is 22.0 Å². The normalized spacial score (nSPS) is 33.6. The first kappa shape index (κ1) is 33.9. The topological polar surface area (TPSA) is 97.0 Å². The van der Waals surface area contributed by atoms with E-state index in [1.165, 1.54) is 11.1 Å². The van der Waals surface area contributed by atoms with Crippen LogP contribution >= 0.6 is 11.6 Å². The molecule has 254 valence electrons. The third-order valence-electron chi connectivity index (χ3n) is 11.3. The smallest absolute Gasteiger partial charge is 0.262 e. The van der Waals surface area contributed by atoms with Gasteiger partial charge in [0.25, 0.3) is 5.91 Å². The zero-order valence-corrected chi connectivity index (χ0v) is 29.5. The first-order chi connectivity index (χ1) is 22.4. The highest BCUT2D eigenvalue weighted by Gasteiger charge is 2.43. The van der Waals surface area contributed by atoms with Gasteiger partial charge in [0, 0.05) is 54.4 Å². The van der Waals surface area contributed by atoms with E-state index in [9.17, 15) is 13.8 Å². The van der Waals surface area contributed by atoms with E-state index in [0.29, 0.717) is 30.4 Å². The van der Waals surface area contributed by atoms with Crippen molar-refractivity contribution in [2.75, 3.05) is 38.8 Å². The quantitative estimate of drug-likeness (QED) is 0.325. The zero-order chi connectivity index (χ0) is 33.5. The van der Waals surface area contributed by atoms with Crippen molar-refractivity contribution in [3.05, 3.63) is 70.3 Å². The largest absolute Gasteiger partial charge is 0.490 e. The Morgan fingerprint density at radius 3 is 2.74 bits per heavy atom. The predicted molar refractivity (Wildman–Crippen MR) is 190 cm³/mol. The highest BCUT2D eigenvalue weighted by molar-refractivity contribution is 7.99. The molecule has 2 amide bonds. The van der Waals surface area contributed by atoms with Crippen LogP contribution in [0.4, 0.5) is 5.69 Å². The van der Waals surface area contributed by atoms with E-state index in [2.05, 4.69) is 45.1 Å². The molecule has 2 aromatic rings. The number of halogens is 1. The maximum Gasteiger partial charge on any atom is 0.262 e. The van der Waals surface area contributed by atoms with Crippen LogP contribution in [0, 0.1) is 23.7 Å². The maximum atomic E-state index is 14.0. The second-order valence-electron chi connectivity index (χ2n) is 14.2. The molecule has 1 fully saturated rings. The van der Waals surface area contributed by atoms with Crippen LogP contribution < -0.4 is 19.7 Å². The molecule has 2 heterocycles. The molecule has 8 nitrogen and oxygen atoms in total. The molecule has 1 saturated carbocycles. The lowest BCUT2D eigenvalue weighted by Crippen LogP contribution is -2.48. The van der Waals surface area contributed by atoms with E-state index in [4.69, 9.17) is 21.1 Å². The van der Waals surface area contributed by atoms with Gasteiger partial charge in [0.1, 0.15) is 11.9 Å². The lowest BCUT2D eigenvalue weighted by molar-refractivity contribution is -0.133.